The number of aromatic nitrogens is 4. The molecule has 1 aromatic carbocycles. The zero-order valence-corrected chi connectivity index (χ0v) is 19.2. The van der Waals surface area contributed by atoms with Gasteiger partial charge in [0.1, 0.15) is 0 Å². The van der Waals surface area contributed by atoms with Crippen molar-refractivity contribution >= 4 is 17.4 Å². The van der Waals surface area contributed by atoms with Crippen molar-refractivity contribution in [1.82, 2.24) is 20.0 Å². The van der Waals surface area contributed by atoms with E-state index in [2.05, 4.69) is 25.5 Å². The Labute approximate surface area is 188 Å². The summed E-state index contributed by atoms with van der Waals surface area (Å²) in [6, 6.07) is 9.85. The first-order valence-corrected chi connectivity index (χ1v) is 11.0. The van der Waals surface area contributed by atoms with E-state index in [4.69, 9.17) is 4.74 Å². The molecular formula is C24H30N6O2. The number of hydrogen-bond donors (Lipinski definition) is 1. The molecule has 2 aromatic heterocycles. The van der Waals surface area contributed by atoms with E-state index in [9.17, 15) is 4.79 Å². The van der Waals surface area contributed by atoms with Gasteiger partial charge in [-0.15, -0.1) is 10.2 Å². The van der Waals surface area contributed by atoms with Crippen LogP contribution in [0.1, 0.15) is 34.5 Å². The van der Waals surface area contributed by atoms with E-state index >= 15 is 0 Å². The normalized spacial score (nSPS) is 13.9. The number of anilines is 2. The van der Waals surface area contributed by atoms with Crippen molar-refractivity contribution in [2.75, 3.05) is 36.5 Å². The fourth-order valence-electron chi connectivity index (χ4n) is 3.99. The quantitative estimate of drug-likeness (QED) is 0.641. The summed E-state index contributed by atoms with van der Waals surface area (Å²) < 4.78 is 7.21. The molecule has 1 fully saturated rings. The van der Waals surface area contributed by atoms with Crippen LogP contribution in [-0.2, 0) is 16.0 Å². The second-order valence-electron chi connectivity index (χ2n) is 8.21. The third-order valence-corrected chi connectivity index (χ3v) is 6.11. The number of nitrogens with zero attached hydrogens (tertiary/aromatic N) is 5. The van der Waals surface area contributed by atoms with Crippen LogP contribution in [0.5, 0.6) is 0 Å². The fourth-order valence-corrected chi connectivity index (χ4v) is 3.99. The topological polar surface area (TPSA) is 85.2 Å². The number of amides is 1. The van der Waals surface area contributed by atoms with Gasteiger partial charge in [-0.1, -0.05) is 12.1 Å². The van der Waals surface area contributed by atoms with E-state index in [0.29, 0.717) is 31.9 Å². The van der Waals surface area contributed by atoms with Crippen LogP contribution in [-0.4, -0.2) is 52.2 Å². The minimum absolute atomic E-state index is 0.0000873. The van der Waals surface area contributed by atoms with E-state index in [0.717, 1.165) is 52.7 Å². The fraction of sp³-hybridized carbons (Fsp3) is 0.417. The standard InChI is InChI=1S/C24H30N6O2/c1-16-6-5-7-21(17(16)2)25-24(31)11-8-20-18(3)28-30(19(20)4)23-10-9-22(26-27-23)29-12-14-32-15-13-29/h5-7,9-10H,8,11-15H2,1-4H3,(H,25,31). The lowest BCUT2D eigenvalue weighted by Gasteiger charge is -2.27. The largest absolute Gasteiger partial charge is 0.378 e. The molecule has 1 N–H and O–H groups in total. The number of carbonyl (C=O) groups is 1. The molecule has 8 nitrogen and oxygen atoms in total. The molecule has 1 aliphatic rings. The number of carbonyl (C=O) groups excluding carboxylic acids is 1. The van der Waals surface area contributed by atoms with Crippen LogP contribution < -0.4 is 10.2 Å². The Balaban J connectivity index is 1.43. The van der Waals surface area contributed by atoms with Crippen LogP contribution in [0, 0.1) is 27.7 Å². The summed E-state index contributed by atoms with van der Waals surface area (Å²) in [5, 5.41) is 16.5. The zero-order valence-electron chi connectivity index (χ0n) is 19.2. The Hall–Kier alpha value is -3.26. The van der Waals surface area contributed by atoms with Crippen LogP contribution in [0.2, 0.25) is 0 Å². The predicted octanol–water partition coefficient (Wildman–Crippen LogP) is 3.30. The zero-order chi connectivity index (χ0) is 22.7. The highest BCUT2D eigenvalue weighted by Gasteiger charge is 2.17. The van der Waals surface area contributed by atoms with Gasteiger partial charge >= 0.3 is 0 Å². The van der Waals surface area contributed by atoms with Crippen molar-refractivity contribution in [3.63, 3.8) is 0 Å². The van der Waals surface area contributed by atoms with Crippen molar-refractivity contribution in [3.05, 3.63) is 58.4 Å². The molecule has 0 saturated carbocycles. The van der Waals surface area contributed by atoms with Gasteiger partial charge in [0.2, 0.25) is 5.91 Å². The highest BCUT2D eigenvalue weighted by molar-refractivity contribution is 5.91. The Morgan fingerprint density at radius 1 is 1.03 bits per heavy atom. The average Bonchev–Trinajstić information content (AvgIpc) is 3.09. The Bertz CT molecular complexity index is 1100. The van der Waals surface area contributed by atoms with Gasteiger partial charge in [-0.2, -0.15) is 5.10 Å². The first-order valence-electron chi connectivity index (χ1n) is 11.0. The summed E-state index contributed by atoms with van der Waals surface area (Å²) in [5.41, 5.74) is 6.09. The molecule has 168 valence electrons. The molecule has 0 spiro atoms. The van der Waals surface area contributed by atoms with Gasteiger partial charge in [-0.3, -0.25) is 4.79 Å². The van der Waals surface area contributed by atoms with Gasteiger partial charge in [0, 0.05) is 30.9 Å². The van der Waals surface area contributed by atoms with Crippen molar-refractivity contribution in [1.29, 1.82) is 0 Å². The second kappa shape index (κ2) is 9.48. The van der Waals surface area contributed by atoms with Crippen LogP contribution in [0.15, 0.2) is 30.3 Å². The molecule has 0 radical (unpaired) electrons. The lowest BCUT2D eigenvalue weighted by Crippen LogP contribution is -2.36. The van der Waals surface area contributed by atoms with Gasteiger partial charge < -0.3 is 15.0 Å². The van der Waals surface area contributed by atoms with Crippen molar-refractivity contribution in [3.8, 4) is 5.82 Å². The lowest BCUT2D eigenvalue weighted by molar-refractivity contribution is -0.116. The molecule has 8 heteroatoms. The SMILES string of the molecule is Cc1cccc(NC(=O)CCc2c(C)nn(-c3ccc(N4CCOCC4)nn3)c2C)c1C. The molecule has 1 aliphatic heterocycles. The summed E-state index contributed by atoms with van der Waals surface area (Å²) in [5.74, 6) is 1.52. The van der Waals surface area contributed by atoms with Crippen LogP contribution in [0.3, 0.4) is 0 Å². The van der Waals surface area contributed by atoms with Gasteiger partial charge in [-0.25, -0.2) is 4.68 Å². The number of benzene rings is 1. The minimum atomic E-state index is -0.0000873. The molecule has 3 aromatic rings. The second-order valence-corrected chi connectivity index (χ2v) is 8.21. The maximum Gasteiger partial charge on any atom is 0.224 e. The Kier molecular flexibility index (Phi) is 6.50. The smallest absolute Gasteiger partial charge is 0.224 e. The number of nitrogens with one attached hydrogen (secondary N) is 1. The number of hydrogen-bond acceptors (Lipinski definition) is 6. The maximum absolute atomic E-state index is 12.6. The summed E-state index contributed by atoms with van der Waals surface area (Å²) in [6.45, 7) is 11.1. The van der Waals surface area contributed by atoms with Crippen molar-refractivity contribution in [2.24, 2.45) is 0 Å². The summed E-state index contributed by atoms with van der Waals surface area (Å²) in [6.07, 6.45) is 1.01. The molecule has 32 heavy (non-hydrogen) atoms. The summed E-state index contributed by atoms with van der Waals surface area (Å²) in [4.78, 5) is 14.7. The van der Waals surface area contributed by atoms with Crippen LogP contribution >= 0.6 is 0 Å². The Morgan fingerprint density at radius 2 is 1.75 bits per heavy atom. The number of morpholine rings is 1. The van der Waals surface area contributed by atoms with Crippen molar-refractivity contribution < 1.29 is 9.53 Å². The van der Waals surface area contributed by atoms with E-state index in [1.54, 1.807) is 0 Å². The summed E-state index contributed by atoms with van der Waals surface area (Å²) >= 11 is 0. The first-order chi connectivity index (χ1) is 15.4. The Morgan fingerprint density at radius 3 is 2.47 bits per heavy atom. The summed E-state index contributed by atoms with van der Waals surface area (Å²) in [7, 11) is 0. The third-order valence-electron chi connectivity index (χ3n) is 6.11. The van der Waals surface area contributed by atoms with Crippen LogP contribution in [0.25, 0.3) is 5.82 Å². The van der Waals surface area contributed by atoms with E-state index in [1.165, 1.54) is 0 Å². The maximum atomic E-state index is 12.6. The highest BCUT2D eigenvalue weighted by Crippen LogP contribution is 2.21. The van der Waals surface area contributed by atoms with Gasteiger partial charge in [-0.05, 0) is 69.0 Å². The molecule has 0 unspecified atom stereocenters. The molecule has 0 aliphatic carbocycles. The van der Waals surface area contributed by atoms with E-state index < -0.39 is 0 Å². The molecular weight excluding hydrogens is 404 g/mol. The van der Waals surface area contributed by atoms with Gasteiger partial charge in [0.05, 0.1) is 18.9 Å². The predicted molar refractivity (Wildman–Crippen MR) is 125 cm³/mol. The highest BCUT2D eigenvalue weighted by atomic mass is 16.5. The van der Waals surface area contributed by atoms with Gasteiger partial charge in [0.15, 0.2) is 11.6 Å². The molecule has 0 atom stereocenters. The molecule has 4 rings (SSSR count). The van der Waals surface area contributed by atoms with Crippen LogP contribution in [0.4, 0.5) is 11.5 Å². The van der Waals surface area contributed by atoms with E-state index in [1.807, 2.05) is 62.7 Å². The lowest BCUT2D eigenvalue weighted by atomic mass is 10.1. The molecule has 1 amide bonds. The number of rotatable bonds is 6. The first kappa shape index (κ1) is 22.0. The molecule has 1 saturated heterocycles. The minimum Gasteiger partial charge on any atom is -0.378 e. The van der Waals surface area contributed by atoms with E-state index in [-0.39, 0.29) is 5.91 Å². The molecule has 0 bridgehead atoms. The monoisotopic (exact) mass is 434 g/mol. The molecule has 3 heterocycles. The number of aryl methyl sites for hydroxylation is 2. The number of ether oxygens (including phenoxy) is 1. The van der Waals surface area contributed by atoms with Crippen molar-refractivity contribution in [2.45, 2.75) is 40.5 Å². The average molecular weight is 435 g/mol. The van der Waals surface area contributed by atoms with Gasteiger partial charge in [0.25, 0.3) is 0 Å². The third kappa shape index (κ3) is 4.65.